The van der Waals surface area contributed by atoms with Crippen molar-refractivity contribution in [1.29, 1.82) is 10.5 Å². The molecule has 3 atom stereocenters. The van der Waals surface area contributed by atoms with E-state index < -0.39 is 0 Å². The Hall–Kier alpha value is -2.76. The molecule has 0 amide bonds. The maximum absolute atomic E-state index is 9.48. The second kappa shape index (κ2) is 11.7. The van der Waals surface area contributed by atoms with E-state index in [1.165, 1.54) is 10.5 Å². The Morgan fingerprint density at radius 1 is 0.969 bits per heavy atom. The summed E-state index contributed by atoms with van der Waals surface area (Å²) in [7, 11) is 0. The molecular formula is C27H26ClN3S. The summed E-state index contributed by atoms with van der Waals surface area (Å²) in [5.74, 6) is 0.120. The normalized spacial score (nSPS) is 13.5. The summed E-state index contributed by atoms with van der Waals surface area (Å²) in [6.45, 7) is 2.16. The Kier molecular flexibility index (Phi) is 8.77. The summed E-state index contributed by atoms with van der Waals surface area (Å²) in [6, 6.07) is 28.6. The van der Waals surface area contributed by atoms with Crippen molar-refractivity contribution in [2.45, 2.75) is 42.7 Å². The molecule has 0 radical (unpaired) electrons. The van der Waals surface area contributed by atoms with Crippen molar-refractivity contribution in [3.8, 4) is 12.1 Å². The summed E-state index contributed by atoms with van der Waals surface area (Å²) < 4.78 is 0. The van der Waals surface area contributed by atoms with Gasteiger partial charge in [0.1, 0.15) is 0 Å². The largest absolute Gasteiger partial charge is 0.306 e. The number of hydrogen-bond acceptors (Lipinski definition) is 4. The van der Waals surface area contributed by atoms with Crippen molar-refractivity contribution in [1.82, 2.24) is 5.32 Å². The van der Waals surface area contributed by atoms with Gasteiger partial charge in [0.15, 0.2) is 0 Å². The van der Waals surface area contributed by atoms with Crippen LogP contribution in [0, 0.1) is 22.7 Å². The van der Waals surface area contributed by atoms with E-state index in [9.17, 15) is 10.5 Å². The molecule has 0 saturated carbocycles. The van der Waals surface area contributed by atoms with Crippen LogP contribution in [0.4, 0.5) is 0 Å². The van der Waals surface area contributed by atoms with Gasteiger partial charge in [-0.2, -0.15) is 10.5 Å². The fraction of sp³-hybridized carbons (Fsp3) is 0.259. The first-order valence-electron chi connectivity index (χ1n) is 10.6. The number of hydrogen-bond donors (Lipinski definition) is 1. The third-order valence-corrected chi connectivity index (χ3v) is 6.65. The summed E-state index contributed by atoms with van der Waals surface area (Å²) in [4.78, 5) is 1.18. The van der Waals surface area contributed by atoms with Crippen LogP contribution in [-0.4, -0.2) is 12.3 Å². The Bertz CT molecular complexity index is 1110. The van der Waals surface area contributed by atoms with E-state index in [2.05, 4.69) is 54.9 Å². The molecule has 0 aromatic heterocycles. The molecule has 0 aliphatic rings. The zero-order valence-corrected chi connectivity index (χ0v) is 19.8. The molecule has 0 spiro atoms. The molecule has 3 nitrogen and oxygen atoms in total. The van der Waals surface area contributed by atoms with Gasteiger partial charge in [-0.1, -0.05) is 48.0 Å². The average molecular weight is 460 g/mol. The molecule has 5 heteroatoms. The number of thioether (sulfide) groups is 1. The molecule has 162 valence electrons. The van der Waals surface area contributed by atoms with Gasteiger partial charge in [0, 0.05) is 27.9 Å². The lowest BCUT2D eigenvalue weighted by Gasteiger charge is -2.30. The third kappa shape index (κ3) is 6.38. The maximum Gasteiger partial charge on any atom is 0.0991 e. The fourth-order valence-corrected chi connectivity index (χ4v) is 4.55. The molecule has 3 rings (SSSR count). The minimum Gasteiger partial charge on any atom is -0.306 e. The molecule has 1 unspecified atom stereocenters. The topological polar surface area (TPSA) is 59.6 Å². The van der Waals surface area contributed by atoms with Crippen LogP contribution >= 0.6 is 23.4 Å². The predicted octanol–water partition coefficient (Wildman–Crippen LogP) is 6.89. The van der Waals surface area contributed by atoms with Crippen LogP contribution in [0.25, 0.3) is 0 Å². The second-order valence-electron chi connectivity index (χ2n) is 7.82. The van der Waals surface area contributed by atoms with Crippen molar-refractivity contribution in [3.05, 3.63) is 100 Å². The van der Waals surface area contributed by atoms with Crippen LogP contribution < -0.4 is 5.32 Å². The summed E-state index contributed by atoms with van der Waals surface area (Å²) in [6.07, 6.45) is 3.23. The van der Waals surface area contributed by atoms with Gasteiger partial charge in [0.2, 0.25) is 0 Å². The first kappa shape index (κ1) is 23.9. The van der Waals surface area contributed by atoms with E-state index in [0.717, 1.165) is 17.5 Å². The SMILES string of the molecule is CSc1cccc(C(CC#N)N[C@@H](C)[C@@H](Cc2ccc(Cl)cc2)c2cccc(C#N)c2)c1. The molecular weight excluding hydrogens is 434 g/mol. The van der Waals surface area contributed by atoms with Crippen molar-refractivity contribution in [2.75, 3.05) is 6.26 Å². The number of halogens is 1. The van der Waals surface area contributed by atoms with Crippen molar-refractivity contribution >= 4 is 23.4 Å². The molecule has 0 aliphatic carbocycles. The minimum absolute atomic E-state index is 0.0657. The van der Waals surface area contributed by atoms with Gasteiger partial charge in [-0.25, -0.2) is 0 Å². The molecule has 3 aromatic carbocycles. The quantitative estimate of drug-likeness (QED) is 0.354. The lowest BCUT2D eigenvalue weighted by Crippen LogP contribution is -2.36. The summed E-state index contributed by atoms with van der Waals surface area (Å²) in [5.41, 5.74) is 4.04. The van der Waals surface area contributed by atoms with Crippen LogP contribution in [0.15, 0.2) is 77.7 Å². The third-order valence-electron chi connectivity index (χ3n) is 5.67. The van der Waals surface area contributed by atoms with E-state index in [1.54, 1.807) is 11.8 Å². The molecule has 3 aromatic rings. The molecule has 1 N–H and O–H groups in total. The van der Waals surface area contributed by atoms with E-state index in [1.807, 2.05) is 48.5 Å². The molecule has 0 aliphatic heterocycles. The number of nitriles is 2. The van der Waals surface area contributed by atoms with Crippen molar-refractivity contribution < 1.29 is 0 Å². The molecule has 0 heterocycles. The maximum atomic E-state index is 9.48. The first-order valence-corrected chi connectivity index (χ1v) is 12.2. The van der Waals surface area contributed by atoms with Crippen LogP contribution in [0.5, 0.6) is 0 Å². The van der Waals surface area contributed by atoms with Gasteiger partial charge in [-0.05, 0) is 72.7 Å². The Morgan fingerprint density at radius 3 is 2.38 bits per heavy atom. The highest BCUT2D eigenvalue weighted by molar-refractivity contribution is 7.98. The van der Waals surface area contributed by atoms with Crippen LogP contribution in [0.2, 0.25) is 5.02 Å². The standard InChI is InChI=1S/C27H26ClN3S/c1-19(31-27(13-14-29)23-7-4-8-25(17-23)32-2)26(16-20-9-11-24(28)12-10-20)22-6-3-5-21(15-22)18-30/h3-12,15,17,19,26-27,31H,13,16H2,1-2H3/t19-,26+,27?/m0/s1. The van der Waals surface area contributed by atoms with Crippen LogP contribution in [0.3, 0.4) is 0 Å². The zero-order chi connectivity index (χ0) is 22.9. The lowest BCUT2D eigenvalue weighted by atomic mass is 9.85. The second-order valence-corrected chi connectivity index (χ2v) is 9.14. The Morgan fingerprint density at radius 2 is 1.69 bits per heavy atom. The Labute approximate surface area is 200 Å². The molecule has 0 saturated heterocycles. The van der Waals surface area contributed by atoms with Gasteiger partial charge in [-0.3, -0.25) is 0 Å². The fourth-order valence-electron chi connectivity index (χ4n) is 3.95. The minimum atomic E-state index is -0.0750. The van der Waals surface area contributed by atoms with E-state index in [4.69, 9.17) is 11.6 Å². The zero-order valence-electron chi connectivity index (χ0n) is 18.3. The Balaban J connectivity index is 1.91. The number of nitrogens with one attached hydrogen (secondary N) is 1. The van der Waals surface area contributed by atoms with E-state index >= 15 is 0 Å². The van der Waals surface area contributed by atoms with Crippen molar-refractivity contribution in [3.63, 3.8) is 0 Å². The summed E-state index contributed by atoms with van der Waals surface area (Å²) in [5, 5.41) is 23.3. The predicted molar refractivity (Wildman–Crippen MR) is 133 cm³/mol. The molecule has 0 bridgehead atoms. The van der Waals surface area contributed by atoms with Gasteiger partial charge < -0.3 is 5.32 Å². The van der Waals surface area contributed by atoms with Gasteiger partial charge in [0.25, 0.3) is 0 Å². The molecule has 0 fully saturated rings. The lowest BCUT2D eigenvalue weighted by molar-refractivity contribution is 0.400. The highest BCUT2D eigenvalue weighted by atomic mass is 35.5. The van der Waals surface area contributed by atoms with Crippen LogP contribution in [0.1, 0.15) is 47.6 Å². The van der Waals surface area contributed by atoms with Crippen LogP contribution in [-0.2, 0) is 6.42 Å². The van der Waals surface area contributed by atoms with Gasteiger partial charge >= 0.3 is 0 Å². The number of nitrogens with zero attached hydrogens (tertiary/aromatic N) is 2. The molecule has 32 heavy (non-hydrogen) atoms. The van der Waals surface area contributed by atoms with Gasteiger partial charge in [0.05, 0.1) is 24.1 Å². The average Bonchev–Trinajstić information content (AvgIpc) is 2.83. The highest BCUT2D eigenvalue weighted by Gasteiger charge is 2.24. The van der Waals surface area contributed by atoms with E-state index in [0.29, 0.717) is 17.0 Å². The number of rotatable bonds is 9. The van der Waals surface area contributed by atoms with E-state index in [-0.39, 0.29) is 18.0 Å². The van der Waals surface area contributed by atoms with Crippen molar-refractivity contribution in [2.24, 2.45) is 0 Å². The highest BCUT2D eigenvalue weighted by Crippen LogP contribution is 2.29. The summed E-state index contributed by atoms with van der Waals surface area (Å²) >= 11 is 7.78. The smallest absolute Gasteiger partial charge is 0.0991 e. The first-order chi connectivity index (χ1) is 15.5. The number of benzene rings is 3. The monoisotopic (exact) mass is 459 g/mol. The van der Waals surface area contributed by atoms with Gasteiger partial charge in [-0.15, -0.1) is 11.8 Å².